The van der Waals surface area contributed by atoms with Gasteiger partial charge in [-0.05, 0) is 88.2 Å². The van der Waals surface area contributed by atoms with E-state index in [1.807, 2.05) is 38.9 Å². The van der Waals surface area contributed by atoms with Gasteiger partial charge in [0.15, 0.2) is 0 Å². The van der Waals surface area contributed by atoms with Crippen LogP contribution in [0.3, 0.4) is 0 Å². The summed E-state index contributed by atoms with van der Waals surface area (Å²) in [5, 5.41) is 9.09. The molecule has 0 saturated carbocycles. The predicted octanol–water partition coefficient (Wildman–Crippen LogP) is 9.65. The maximum absolute atomic E-state index is 12.0. The molecule has 2 heterocycles. The summed E-state index contributed by atoms with van der Waals surface area (Å²) in [5.74, 6) is 2.05. The lowest BCUT2D eigenvalue weighted by Gasteiger charge is -2.30. The molecule has 0 radical (unpaired) electrons. The van der Waals surface area contributed by atoms with E-state index in [1.54, 1.807) is 12.1 Å². The highest BCUT2D eigenvalue weighted by molar-refractivity contribution is 5.55. The fraction of sp³-hybridized carbons (Fsp3) is 0.611. The third-order valence-corrected chi connectivity index (χ3v) is 7.63. The minimum Gasteiger partial charge on any atom is -0.406 e. The number of likely N-dealkylation sites (tertiary alicyclic amines) is 1. The lowest BCUT2D eigenvalue weighted by atomic mass is 9.99. The van der Waals surface area contributed by atoms with Crippen molar-refractivity contribution in [2.45, 2.75) is 107 Å². The normalized spacial score (nSPS) is 14.3. The molecule has 1 unspecified atom stereocenters. The average Bonchev–Trinajstić information content (AvgIpc) is 3.47. The summed E-state index contributed by atoms with van der Waals surface area (Å²) < 4.78 is 44.8. The Morgan fingerprint density at radius 1 is 1.13 bits per heavy atom. The second kappa shape index (κ2) is 23.9. The highest BCUT2D eigenvalue weighted by Crippen LogP contribution is 2.24. The average molecular weight is 667 g/mol. The third-order valence-electron chi connectivity index (χ3n) is 7.63. The lowest BCUT2D eigenvalue weighted by Crippen LogP contribution is -2.33. The Labute approximate surface area is 282 Å². The smallest absolute Gasteiger partial charge is 0.406 e. The predicted molar refractivity (Wildman–Crippen MR) is 189 cm³/mol. The van der Waals surface area contributed by atoms with Crippen molar-refractivity contribution in [3.63, 3.8) is 0 Å². The van der Waals surface area contributed by atoms with Crippen LogP contribution in [-0.4, -0.2) is 53.2 Å². The molecule has 0 aliphatic carbocycles. The molecule has 1 atom stereocenters. The maximum atomic E-state index is 12.0. The van der Waals surface area contributed by atoms with Gasteiger partial charge in [-0.2, -0.15) is 0 Å². The van der Waals surface area contributed by atoms with Crippen LogP contribution in [0.1, 0.15) is 105 Å². The van der Waals surface area contributed by atoms with Crippen LogP contribution in [0.15, 0.2) is 59.2 Å². The van der Waals surface area contributed by atoms with Gasteiger partial charge in [0.05, 0.1) is 0 Å². The van der Waals surface area contributed by atoms with Crippen molar-refractivity contribution in [2.75, 3.05) is 32.4 Å². The van der Waals surface area contributed by atoms with Crippen molar-refractivity contribution in [1.29, 1.82) is 0 Å². The fourth-order valence-corrected chi connectivity index (χ4v) is 4.15. The number of halogens is 3. The molecular formula is C36H61F3N6O2. The van der Waals surface area contributed by atoms with Crippen molar-refractivity contribution in [3.8, 4) is 5.75 Å². The van der Waals surface area contributed by atoms with Gasteiger partial charge in [0, 0.05) is 31.4 Å². The first kappa shape index (κ1) is 43.7. The van der Waals surface area contributed by atoms with Gasteiger partial charge < -0.3 is 19.9 Å². The third kappa shape index (κ3) is 21.2. The van der Waals surface area contributed by atoms with Gasteiger partial charge in [0.1, 0.15) is 5.75 Å². The zero-order chi connectivity index (χ0) is 36.0. The Morgan fingerprint density at radius 2 is 1.72 bits per heavy atom. The molecule has 1 saturated heterocycles. The zero-order valence-electron chi connectivity index (χ0n) is 30.3. The van der Waals surface area contributed by atoms with Crippen molar-refractivity contribution in [1.82, 2.24) is 25.5 Å². The number of likely N-dealkylation sites (N-methyl/N-ethyl adjacent to an activating group) is 1. The molecule has 0 bridgehead atoms. The first-order valence-electron chi connectivity index (χ1n) is 16.7. The van der Waals surface area contributed by atoms with E-state index in [0.29, 0.717) is 5.89 Å². The summed E-state index contributed by atoms with van der Waals surface area (Å²) in [4.78, 5) is 2.33. The zero-order valence-corrected chi connectivity index (χ0v) is 30.3. The number of benzene rings is 1. The Hall–Kier alpha value is -3.31. The van der Waals surface area contributed by atoms with Crippen LogP contribution >= 0.6 is 0 Å². The monoisotopic (exact) mass is 666 g/mol. The van der Waals surface area contributed by atoms with Crippen molar-refractivity contribution in [3.05, 3.63) is 66.2 Å². The number of ether oxygens (including phenoxy) is 1. The van der Waals surface area contributed by atoms with E-state index in [1.165, 1.54) is 44.2 Å². The number of hydrazine groups is 1. The first-order chi connectivity index (χ1) is 22.1. The molecule has 0 amide bonds. The van der Waals surface area contributed by atoms with E-state index in [9.17, 15) is 13.2 Å². The van der Waals surface area contributed by atoms with Crippen molar-refractivity contribution >= 4 is 11.6 Å². The number of nitrogen functional groups attached to an aromatic ring is 1. The molecular weight excluding hydrogens is 605 g/mol. The number of rotatable bonds is 12. The minimum atomic E-state index is -4.62. The highest BCUT2D eigenvalue weighted by atomic mass is 19.4. The number of hydrogen-bond donors (Lipinski definition) is 2. The molecule has 268 valence electrons. The maximum Gasteiger partial charge on any atom is 0.573 e. The summed E-state index contributed by atoms with van der Waals surface area (Å²) in [7, 11) is 1.95. The molecule has 1 aromatic carbocycles. The van der Waals surface area contributed by atoms with Crippen LogP contribution in [0.4, 0.5) is 19.2 Å². The molecule has 1 fully saturated rings. The summed E-state index contributed by atoms with van der Waals surface area (Å²) in [5.41, 5.74) is 12.3. The number of alkyl halides is 3. The summed E-state index contributed by atoms with van der Waals surface area (Å²) in [6, 6.07) is 6.24. The second-order valence-corrected chi connectivity index (χ2v) is 12.1. The van der Waals surface area contributed by atoms with Gasteiger partial charge in [0.25, 0.3) is 0 Å². The number of nitrogens with one attached hydrogen (secondary N) is 1. The van der Waals surface area contributed by atoms with E-state index in [2.05, 4.69) is 73.0 Å². The number of hydrogen-bond acceptors (Lipinski definition) is 8. The van der Waals surface area contributed by atoms with E-state index < -0.39 is 6.36 Å². The van der Waals surface area contributed by atoms with E-state index in [4.69, 9.17) is 10.2 Å². The molecule has 0 spiro atoms. The Bertz CT molecular complexity index is 1160. The van der Waals surface area contributed by atoms with E-state index in [0.717, 1.165) is 66.8 Å². The SMILES string of the molecule is C/C=C(\C)c1nnc(N)o1.C=C(C)C(=C)N(C)NCCC.CC1CCN(Cc2ccc(OC(F)(F)F)cc2)CC1.CCCC(C)CC. The van der Waals surface area contributed by atoms with Gasteiger partial charge in [0.2, 0.25) is 5.89 Å². The van der Waals surface area contributed by atoms with E-state index in [-0.39, 0.29) is 11.8 Å². The molecule has 2 aromatic rings. The number of allylic oxidation sites excluding steroid dienone is 3. The number of nitrogens with zero attached hydrogens (tertiary/aromatic N) is 4. The molecule has 3 N–H and O–H groups in total. The van der Waals surface area contributed by atoms with Crippen molar-refractivity contribution in [2.24, 2.45) is 11.8 Å². The highest BCUT2D eigenvalue weighted by Gasteiger charge is 2.31. The van der Waals surface area contributed by atoms with Gasteiger partial charge in [-0.3, -0.25) is 4.90 Å². The van der Waals surface area contributed by atoms with E-state index >= 15 is 0 Å². The van der Waals surface area contributed by atoms with Crippen LogP contribution in [0.5, 0.6) is 5.75 Å². The Balaban J connectivity index is 0.000000650. The Morgan fingerprint density at radius 3 is 2.13 bits per heavy atom. The van der Waals surface area contributed by atoms with Crippen LogP contribution < -0.4 is 15.9 Å². The molecule has 1 aliphatic rings. The number of nitrogens with two attached hydrogens (primary N) is 1. The van der Waals surface area contributed by atoms with Crippen LogP contribution in [0.2, 0.25) is 0 Å². The number of aromatic nitrogens is 2. The number of anilines is 1. The molecule has 47 heavy (non-hydrogen) atoms. The Kier molecular flexibility index (Phi) is 22.2. The van der Waals surface area contributed by atoms with Gasteiger partial charge >= 0.3 is 12.4 Å². The summed E-state index contributed by atoms with van der Waals surface area (Å²) in [6.45, 7) is 28.5. The van der Waals surface area contributed by atoms with Gasteiger partial charge in [-0.15, -0.1) is 18.3 Å². The summed E-state index contributed by atoms with van der Waals surface area (Å²) >= 11 is 0. The molecule has 1 aliphatic heterocycles. The molecule has 11 heteroatoms. The van der Waals surface area contributed by atoms with Gasteiger partial charge in [-0.1, -0.05) is 90.3 Å². The molecule has 1 aromatic heterocycles. The number of piperidine rings is 1. The minimum absolute atomic E-state index is 0.108. The topological polar surface area (TPSA) is 92.7 Å². The summed E-state index contributed by atoms with van der Waals surface area (Å²) in [6.07, 6.45) is 4.84. The van der Waals surface area contributed by atoms with Gasteiger partial charge in [-0.25, -0.2) is 5.43 Å². The van der Waals surface area contributed by atoms with Crippen molar-refractivity contribution < 1.29 is 22.3 Å². The standard InChI is InChI=1S/C14H18F3NO.C9H18N2.C7H16.C6H9N3O/c1-11-6-8-18(9-7-11)10-12-2-4-13(5-3-12)19-14(15,16)17;1-6-7-10-11(5)9(4)8(2)3;1-4-6-7(3)5-2;1-3-4(2)5-8-9-6(7)10-5/h2-5,11H,6-10H2,1H3;10H,2,4,6-7H2,1,3,5H3;7H,4-6H2,1-3H3;3H,1-2H3,(H2,7,9)/b;;;4-3+. The molecule has 8 nitrogen and oxygen atoms in total. The largest absolute Gasteiger partial charge is 0.573 e. The van der Waals surface area contributed by atoms with Crippen LogP contribution in [-0.2, 0) is 6.54 Å². The quantitative estimate of drug-likeness (QED) is 0.171. The first-order valence-corrected chi connectivity index (χ1v) is 16.7. The van der Waals surface area contributed by atoms with Crippen LogP contribution in [0, 0.1) is 11.8 Å². The fourth-order valence-electron chi connectivity index (χ4n) is 4.15. The lowest BCUT2D eigenvalue weighted by molar-refractivity contribution is -0.274. The van der Waals surface area contributed by atoms with Crippen LogP contribution in [0.25, 0.3) is 5.57 Å². The second-order valence-electron chi connectivity index (χ2n) is 12.1. The molecule has 3 rings (SSSR count).